The zero-order chi connectivity index (χ0) is 16.1. The van der Waals surface area contributed by atoms with Gasteiger partial charge in [0.25, 0.3) is 0 Å². The molecule has 1 unspecified atom stereocenters. The van der Waals surface area contributed by atoms with Crippen LogP contribution in [-0.2, 0) is 0 Å². The molecule has 0 aliphatic rings. The Kier molecular flexibility index (Phi) is 4.79. The van der Waals surface area contributed by atoms with Crippen LogP contribution in [0.15, 0.2) is 78.2 Å². The van der Waals surface area contributed by atoms with Crippen LogP contribution in [0.1, 0.15) is 37.9 Å². The van der Waals surface area contributed by atoms with E-state index in [0.717, 1.165) is 4.88 Å². The molecule has 0 aliphatic heterocycles. The van der Waals surface area contributed by atoms with Crippen molar-refractivity contribution in [1.82, 2.24) is 0 Å². The number of benzene rings is 2. The summed E-state index contributed by atoms with van der Waals surface area (Å²) in [5.74, 6) is -0.435. The largest absolute Gasteiger partial charge is 0.294 e. The lowest BCUT2D eigenvalue weighted by atomic mass is 9.89. The quantitative estimate of drug-likeness (QED) is 0.600. The molecule has 0 radical (unpaired) electrons. The van der Waals surface area contributed by atoms with Crippen LogP contribution >= 0.6 is 11.3 Å². The molecule has 1 aromatic heterocycles. The molecule has 0 spiro atoms. The van der Waals surface area contributed by atoms with Gasteiger partial charge in [0, 0.05) is 22.4 Å². The number of Topliss-reactive ketones (excluding diaryl/α,β-unsaturated/α-hetero) is 2. The third-order valence-electron chi connectivity index (χ3n) is 3.75. The van der Waals surface area contributed by atoms with E-state index in [2.05, 4.69) is 0 Å². The summed E-state index contributed by atoms with van der Waals surface area (Å²) in [4.78, 5) is 26.3. The van der Waals surface area contributed by atoms with Gasteiger partial charge in [0.1, 0.15) is 0 Å². The fraction of sp³-hybridized carbons (Fsp3) is 0.100. The highest BCUT2D eigenvalue weighted by molar-refractivity contribution is 7.10. The first kappa shape index (κ1) is 15.4. The molecule has 2 aromatic carbocycles. The highest BCUT2D eigenvalue weighted by atomic mass is 32.1. The first-order chi connectivity index (χ1) is 11.3. The molecule has 1 heterocycles. The molecule has 0 aliphatic carbocycles. The van der Waals surface area contributed by atoms with E-state index in [4.69, 9.17) is 0 Å². The lowest BCUT2D eigenvalue weighted by Crippen LogP contribution is -2.16. The van der Waals surface area contributed by atoms with E-state index in [1.807, 2.05) is 53.9 Å². The van der Waals surface area contributed by atoms with Crippen molar-refractivity contribution in [3.63, 3.8) is 0 Å². The summed E-state index contributed by atoms with van der Waals surface area (Å²) in [5, 5.41) is 1.94. The van der Waals surface area contributed by atoms with Crippen LogP contribution in [0.2, 0.25) is 0 Å². The predicted molar refractivity (Wildman–Crippen MR) is 93.2 cm³/mol. The molecular weight excluding hydrogens is 304 g/mol. The van der Waals surface area contributed by atoms with Crippen molar-refractivity contribution in [3.05, 3.63) is 94.2 Å². The highest BCUT2D eigenvalue weighted by Crippen LogP contribution is 2.29. The van der Waals surface area contributed by atoms with Gasteiger partial charge >= 0.3 is 0 Å². The molecule has 0 fully saturated rings. The maximum absolute atomic E-state index is 12.9. The Hall–Kier alpha value is -2.52. The predicted octanol–water partition coefficient (Wildman–Crippen LogP) is 4.99. The van der Waals surface area contributed by atoms with Crippen LogP contribution in [0.3, 0.4) is 0 Å². The standard InChI is InChI=1S/C20H16O2S/c21-18(15-8-3-1-4-9-15)14-17(19-12-7-13-23-19)20(22)16-10-5-2-6-11-16/h1-13,17H,14H2. The van der Waals surface area contributed by atoms with Gasteiger partial charge in [-0.2, -0.15) is 0 Å². The molecule has 3 rings (SSSR count). The summed E-state index contributed by atoms with van der Waals surface area (Å²) in [7, 11) is 0. The Morgan fingerprint density at radius 3 is 1.96 bits per heavy atom. The van der Waals surface area contributed by atoms with Gasteiger partial charge < -0.3 is 0 Å². The molecule has 0 N–H and O–H groups in total. The van der Waals surface area contributed by atoms with Crippen molar-refractivity contribution in [2.24, 2.45) is 0 Å². The van der Waals surface area contributed by atoms with E-state index < -0.39 is 5.92 Å². The van der Waals surface area contributed by atoms with Crippen LogP contribution in [0.5, 0.6) is 0 Å². The van der Waals surface area contributed by atoms with Crippen LogP contribution in [0.4, 0.5) is 0 Å². The molecule has 114 valence electrons. The Bertz CT molecular complexity index is 777. The number of hydrogen-bond acceptors (Lipinski definition) is 3. The van der Waals surface area contributed by atoms with Crippen molar-refractivity contribution < 1.29 is 9.59 Å². The van der Waals surface area contributed by atoms with E-state index in [1.165, 1.54) is 11.3 Å². The van der Waals surface area contributed by atoms with Crippen molar-refractivity contribution in [1.29, 1.82) is 0 Å². The molecule has 2 nitrogen and oxygen atoms in total. The zero-order valence-electron chi connectivity index (χ0n) is 12.5. The second-order valence-electron chi connectivity index (χ2n) is 5.29. The maximum atomic E-state index is 12.9. The Morgan fingerprint density at radius 2 is 1.39 bits per heavy atom. The summed E-state index contributed by atoms with van der Waals surface area (Å²) in [6.45, 7) is 0. The summed E-state index contributed by atoms with van der Waals surface area (Å²) >= 11 is 1.52. The number of thiophene rings is 1. The van der Waals surface area contributed by atoms with Crippen LogP contribution in [-0.4, -0.2) is 11.6 Å². The average molecular weight is 320 g/mol. The van der Waals surface area contributed by atoms with Crippen molar-refractivity contribution in [2.75, 3.05) is 0 Å². The molecule has 0 amide bonds. The SMILES string of the molecule is O=C(CC(C(=O)c1ccccc1)c1cccs1)c1ccccc1. The maximum Gasteiger partial charge on any atom is 0.171 e. The molecule has 0 saturated carbocycles. The number of carbonyl (C=O) groups excluding carboxylic acids is 2. The third-order valence-corrected chi connectivity index (χ3v) is 4.73. The van der Waals surface area contributed by atoms with Gasteiger partial charge in [0.2, 0.25) is 0 Å². The van der Waals surface area contributed by atoms with Gasteiger partial charge in [0.05, 0.1) is 5.92 Å². The second-order valence-corrected chi connectivity index (χ2v) is 6.27. The summed E-state index contributed by atoms with van der Waals surface area (Å²) in [5.41, 5.74) is 1.29. The smallest absolute Gasteiger partial charge is 0.171 e. The summed E-state index contributed by atoms with van der Waals surface area (Å²) in [6, 6.07) is 22.2. The first-order valence-corrected chi connectivity index (χ1v) is 8.34. The average Bonchev–Trinajstić information content (AvgIpc) is 3.15. The molecule has 0 saturated heterocycles. The number of ketones is 2. The third kappa shape index (κ3) is 3.63. The lowest BCUT2D eigenvalue weighted by molar-refractivity contribution is 0.0895. The highest BCUT2D eigenvalue weighted by Gasteiger charge is 2.26. The van der Waals surface area contributed by atoms with Crippen LogP contribution in [0.25, 0.3) is 0 Å². The fourth-order valence-electron chi connectivity index (χ4n) is 2.54. The summed E-state index contributed by atoms with van der Waals surface area (Å²) in [6.07, 6.45) is 0.193. The van der Waals surface area contributed by atoms with Gasteiger partial charge in [-0.3, -0.25) is 9.59 Å². The number of carbonyl (C=O) groups is 2. The Morgan fingerprint density at radius 1 is 0.783 bits per heavy atom. The first-order valence-electron chi connectivity index (χ1n) is 7.46. The number of rotatable bonds is 6. The van der Waals surface area contributed by atoms with E-state index in [-0.39, 0.29) is 18.0 Å². The zero-order valence-corrected chi connectivity index (χ0v) is 13.3. The second kappa shape index (κ2) is 7.16. The Balaban J connectivity index is 1.88. The minimum Gasteiger partial charge on any atom is -0.294 e. The number of hydrogen-bond donors (Lipinski definition) is 0. The molecule has 3 aromatic rings. The topological polar surface area (TPSA) is 34.1 Å². The lowest BCUT2D eigenvalue weighted by Gasteiger charge is -2.14. The molecule has 3 heteroatoms. The monoisotopic (exact) mass is 320 g/mol. The minimum atomic E-state index is -0.426. The normalized spacial score (nSPS) is 11.8. The van der Waals surface area contributed by atoms with Gasteiger partial charge in [-0.05, 0) is 11.4 Å². The van der Waals surface area contributed by atoms with Crippen LogP contribution < -0.4 is 0 Å². The van der Waals surface area contributed by atoms with Crippen molar-refractivity contribution in [2.45, 2.75) is 12.3 Å². The minimum absolute atomic E-state index is 0.00247. The van der Waals surface area contributed by atoms with Crippen LogP contribution in [0, 0.1) is 0 Å². The Labute approximate surface area is 139 Å². The molecular formula is C20H16O2S. The van der Waals surface area contributed by atoms with E-state index in [1.54, 1.807) is 24.3 Å². The van der Waals surface area contributed by atoms with Gasteiger partial charge in [-0.15, -0.1) is 11.3 Å². The fourth-order valence-corrected chi connectivity index (χ4v) is 3.37. The molecule has 23 heavy (non-hydrogen) atoms. The van der Waals surface area contributed by atoms with Gasteiger partial charge in [0.15, 0.2) is 11.6 Å². The van der Waals surface area contributed by atoms with E-state index in [0.29, 0.717) is 11.1 Å². The van der Waals surface area contributed by atoms with Crippen molar-refractivity contribution >= 4 is 22.9 Å². The molecule has 0 bridgehead atoms. The molecule has 1 atom stereocenters. The van der Waals surface area contributed by atoms with Gasteiger partial charge in [-0.25, -0.2) is 0 Å². The summed E-state index contributed by atoms with van der Waals surface area (Å²) < 4.78 is 0. The van der Waals surface area contributed by atoms with Gasteiger partial charge in [-0.1, -0.05) is 66.7 Å². The van der Waals surface area contributed by atoms with E-state index in [9.17, 15) is 9.59 Å². The van der Waals surface area contributed by atoms with Crippen molar-refractivity contribution in [3.8, 4) is 0 Å². The van der Waals surface area contributed by atoms with E-state index >= 15 is 0 Å².